The number of benzene rings is 2. The van der Waals surface area contributed by atoms with E-state index in [1.54, 1.807) is 18.2 Å². The van der Waals surface area contributed by atoms with Gasteiger partial charge in [-0.1, -0.05) is 29.8 Å². The normalized spacial score (nSPS) is 11.9. The fourth-order valence-electron chi connectivity index (χ4n) is 1.92. The zero-order valence-corrected chi connectivity index (χ0v) is 11.8. The summed E-state index contributed by atoms with van der Waals surface area (Å²) >= 11 is 5.75. The lowest BCUT2D eigenvalue weighted by Gasteiger charge is -2.14. The molecular formula is C16H14ClFN2. The molecule has 0 aliphatic heterocycles. The van der Waals surface area contributed by atoms with Crippen molar-refractivity contribution in [3.63, 3.8) is 0 Å². The van der Waals surface area contributed by atoms with E-state index in [0.29, 0.717) is 12.1 Å². The van der Waals surface area contributed by atoms with Gasteiger partial charge in [0, 0.05) is 12.6 Å². The molecule has 4 heteroatoms. The molecule has 20 heavy (non-hydrogen) atoms. The largest absolute Gasteiger partial charge is 0.306 e. The summed E-state index contributed by atoms with van der Waals surface area (Å²) in [5.74, 6) is -0.412. The summed E-state index contributed by atoms with van der Waals surface area (Å²) in [6.45, 7) is 2.60. The highest BCUT2D eigenvalue weighted by Crippen LogP contribution is 2.18. The van der Waals surface area contributed by atoms with E-state index in [1.165, 1.54) is 6.07 Å². The van der Waals surface area contributed by atoms with Crippen LogP contribution in [0.4, 0.5) is 4.39 Å². The van der Waals surface area contributed by atoms with Gasteiger partial charge in [0.1, 0.15) is 5.82 Å². The van der Waals surface area contributed by atoms with Gasteiger partial charge >= 0.3 is 0 Å². The van der Waals surface area contributed by atoms with E-state index in [2.05, 4.69) is 11.4 Å². The van der Waals surface area contributed by atoms with Gasteiger partial charge in [0.2, 0.25) is 0 Å². The minimum Gasteiger partial charge on any atom is -0.306 e. The Morgan fingerprint density at radius 2 is 2.10 bits per heavy atom. The molecule has 2 aromatic carbocycles. The number of nitriles is 1. The van der Waals surface area contributed by atoms with Crippen LogP contribution in [0.25, 0.3) is 0 Å². The smallest absolute Gasteiger partial charge is 0.141 e. The first-order valence-electron chi connectivity index (χ1n) is 6.27. The van der Waals surface area contributed by atoms with E-state index in [-0.39, 0.29) is 11.1 Å². The number of hydrogen-bond acceptors (Lipinski definition) is 2. The second-order valence-electron chi connectivity index (χ2n) is 4.59. The van der Waals surface area contributed by atoms with Gasteiger partial charge in [-0.2, -0.15) is 5.26 Å². The number of nitrogens with zero attached hydrogens (tertiary/aromatic N) is 1. The Morgan fingerprint density at radius 3 is 2.80 bits per heavy atom. The molecule has 0 radical (unpaired) electrons. The van der Waals surface area contributed by atoms with Crippen molar-refractivity contribution in [1.29, 1.82) is 5.26 Å². The van der Waals surface area contributed by atoms with Crippen LogP contribution in [0, 0.1) is 17.1 Å². The number of nitrogens with one attached hydrogen (secondary N) is 1. The van der Waals surface area contributed by atoms with Gasteiger partial charge in [0.05, 0.1) is 16.7 Å². The lowest BCUT2D eigenvalue weighted by atomic mass is 10.1. The summed E-state index contributed by atoms with van der Waals surface area (Å²) in [7, 11) is 0. The number of hydrogen-bond donors (Lipinski definition) is 1. The second-order valence-corrected chi connectivity index (χ2v) is 5.00. The Morgan fingerprint density at radius 1 is 1.30 bits per heavy atom. The molecule has 102 valence electrons. The standard InChI is InChI=1S/C16H14ClFN2/c1-11(14-4-2-3-12(7-14)9-19)20-10-13-5-6-16(18)15(17)8-13/h2-8,11,20H,10H2,1H3. The Bertz CT molecular complexity index is 649. The van der Waals surface area contributed by atoms with Gasteiger partial charge in [0.15, 0.2) is 0 Å². The monoisotopic (exact) mass is 288 g/mol. The third-order valence-corrected chi connectivity index (χ3v) is 3.40. The molecule has 0 aliphatic carbocycles. The van der Waals surface area contributed by atoms with Gasteiger partial charge in [-0.3, -0.25) is 0 Å². The molecule has 1 unspecified atom stereocenters. The molecular weight excluding hydrogens is 275 g/mol. The Kier molecular flexibility index (Phi) is 4.73. The van der Waals surface area contributed by atoms with E-state index in [9.17, 15) is 4.39 Å². The van der Waals surface area contributed by atoms with Crippen molar-refractivity contribution in [2.45, 2.75) is 19.5 Å². The van der Waals surface area contributed by atoms with E-state index in [1.807, 2.05) is 25.1 Å². The van der Waals surface area contributed by atoms with E-state index in [0.717, 1.165) is 11.1 Å². The fraction of sp³-hybridized carbons (Fsp3) is 0.188. The minimum absolute atomic E-state index is 0.0899. The van der Waals surface area contributed by atoms with Crippen LogP contribution in [0.15, 0.2) is 42.5 Å². The molecule has 0 aliphatic rings. The minimum atomic E-state index is -0.412. The van der Waals surface area contributed by atoms with Crippen LogP contribution in [0.2, 0.25) is 5.02 Å². The predicted octanol–water partition coefficient (Wildman–Crippen LogP) is 4.20. The lowest BCUT2D eigenvalue weighted by Crippen LogP contribution is -2.18. The van der Waals surface area contributed by atoms with Crippen molar-refractivity contribution in [2.24, 2.45) is 0 Å². The molecule has 0 amide bonds. The molecule has 0 saturated carbocycles. The van der Waals surface area contributed by atoms with Crippen molar-refractivity contribution >= 4 is 11.6 Å². The predicted molar refractivity (Wildman–Crippen MR) is 77.8 cm³/mol. The molecule has 0 saturated heterocycles. The van der Waals surface area contributed by atoms with Crippen LogP contribution in [0.5, 0.6) is 0 Å². The van der Waals surface area contributed by atoms with E-state index in [4.69, 9.17) is 16.9 Å². The molecule has 2 nitrogen and oxygen atoms in total. The second kappa shape index (κ2) is 6.51. The van der Waals surface area contributed by atoms with Gasteiger partial charge in [-0.05, 0) is 42.3 Å². The molecule has 0 fully saturated rings. The van der Waals surface area contributed by atoms with E-state index < -0.39 is 5.82 Å². The lowest BCUT2D eigenvalue weighted by molar-refractivity contribution is 0.573. The maximum Gasteiger partial charge on any atom is 0.141 e. The molecule has 2 aromatic rings. The molecule has 0 spiro atoms. The van der Waals surface area contributed by atoms with Gasteiger partial charge in [-0.25, -0.2) is 4.39 Å². The Labute approximate surface area is 122 Å². The average Bonchev–Trinajstić information content (AvgIpc) is 2.48. The van der Waals surface area contributed by atoms with Gasteiger partial charge in [-0.15, -0.1) is 0 Å². The fourth-order valence-corrected chi connectivity index (χ4v) is 2.12. The van der Waals surface area contributed by atoms with E-state index >= 15 is 0 Å². The number of halogens is 2. The Balaban J connectivity index is 2.02. The highest BCUT2D eigenvalue weighted by Gasteiger charge is 2.07. The van der Waals surface area contributed by atoms with Crippen molar-refractivity contribution in [3.05, 3.63) is 70.0 Å². The molecule has 0 bridgehead atoms. The van der Waals surface area contributed by atoms with Crippen LogP contribution in [-0.2, 0) is 6.54 Å². The first-order chi connectivity index (χ1) is 9.60. The van der Waals surface area contributed by atoms with Crippen LogP contribution >= 0.6 is 11.6 Å². The first-order valence-corrected chi connectivity index (χ1v) is 6.65. The van der Waals surface area contributed by atoms with Crippen LogP contribution in [0.1, 0.15) is 29.7 Å². The van der Waals surface area contributed by atoms with Gasteiger partial charge in [0.25, 0.3) is 0 Å². The summed E-state index contributed by atoms with van der Waals surface area (Å²) in [5, 5.41) is 12.3. The topological polar surface area (TPSA) is 35.8 Å². The zero-order chi connectivity index (χ0) is 14.5. The third-order valence-electron chi connectivity index (χ3n) is 3.11. The summed E-state index contributed by atoms with van der Waals surface area (Å²) in [4.78, 5) is 0. The summed E-state index contributed by atoms with van der Waals surface area (Å²) in [6.07, 6.45) is 0. The number of rotatable bonds is 4. The maximum absolute atomic E-state index is 13.1. The van der Waals surface area contributed by atoms with Crippen LogP contribution in [-0.4, -0.2) is 0 Å². The van der Waals surface area contributed by atoms with Crippen molar-refractivity contribution in [3.8, 4) is 6.07 Å². The molecule has 2 rings (SSSR count). The summed E-state index contributed by atoms with van der Waals surface area (Å²) in [6, 6.07) is 14.3. The van der Waals surface area contributed by atoms with Crippen molar-refractivity contribution in [2.75, 3.05) is 0 Å². The summed E-state index contributed by atoms with van der Waals surface area (Å²) < 4.78 is 13.1. The molecule has 0 heterocycles. The van der Waals surface area contributed by atoms with Crippen molar-refractivity contribution in [1.82, 2.24) is 5.32 Å². The maximum atomic E-state index is 13.1. The van der Waals surface area contributed by atoms with Gasteiger partial charge < -0.3 is 5.32 Å². The van der Waals surface area contributed by atoms with Crippen molar-refractivity contribution < 1.29 is 4.39 Å². The SMILES string of the molecule is CC(NCc1ccc(F)c(Cl)c1)c1cccc(C#N)c1. The molecule has 1 atom stereocenters. The molecule has 0 aromatic heterocycles. The first kappa shape index (κ1) is 14.5. The van der Waals surface area contributed by atoms with Crippen LogP contribution in [0.3, 0.4) is 0 Å². The average molecular weight is 289 g/mol. The Hall–Kier alpha value is -1.89. The zero-order valence-electron chi connectivity index (χ0n) is 11.0. The quantitative estimate of drug-likeness (QED) is 0.915. The third kappa shape index (κ3) is 3.57. The molecule has 1 N–H and O–H groups in total. The highest BCUT2D eigenvalue weighted by molar-refractivity contribution is 6.30. The highest BCUT2D eigenvalue weighted by atomic mass is 35.5. The summed E-state index contributed by atoms with van der Waals surface area (Å²) in [5.41, 5.74) is 2.60. The van der Waals surface area contributed by atoms with Crippen LogP contribution < -0.4 is 5.32 Å².